The third kappa shape index (κ3) is 5.52. The maximum absolute atomic E-state index is 12.9. The first-order valence-corrected chi connectivity index (χ1v) is 12.1. The van der Waals surface area contributed by atoms with Crippen molar-refractivity contribution < 1.29 is 19.3 Å². The van der Waals surface area contributed by atoms with E-state index in [4.69, 9.17) is 9.47 Å². The molecule has 3 aromatic rings. The smallest absolute Gasteiger partial charge is 0.347 e. The van der Waals surface area contributed by atoms with Crippen LogP contribution >= 0.6 is 23.1 Å². The van der Waals surface area contributed by atoms with Gasteiger partial charge in [-0.1, -0.05) is 37.0 Å². The third-order valence-electron chi connectivity index (χ3n) is 4.91. The van der Waals surface area contributed by atoms with E-state index >= 15 is 0 Å². The zero-order valence-electron chi connectivity index (χ0n) is 18.5. The van der Waals surface area contributed by atoms with E-state index in [1.807, 2.05) is 24.3 Å². The molecule has 7 nitrogen and oxygen atoms in total. The molecule has 1 aromatic carbocycles. The number of nitrogens with one attached hydrogen (secondary N) is 2. The molecule has 0 fully saturated rings. The Morgan fingerprint density at radius 1 is 1.28 bits per heavy atom. The number of carbonyl (C=O) groups is 1. The van der Waals surface area contributed by atoms with Crippen LogP contribution in [0.25, 0.3) is 10.2 Å². The van der Waals surface area contributed by atoms with Gasteiger partial charge in [0.2, 0.25) is 5.91 Å². The molecule has 1 amide bonds. The van der Waals surface area contributed by atoms with Crippen LogP contribution < -0.4 is 25.3 Å². The molecule has 0 aliphatic heterocycles. The highest BCUT2D eigenvalue weighted by Crippen LogP contribution is 2.27. The Labute approximate surface area is 195 Å². The summed E-state index contributed by atoms with van der Waals surface area (Å²) in [6.07, 6.45) is 3.23. The Morgan fingerprint density at radius 2 is 2.06 bits per heavy atom. The van der Waals surface area contributed by atoms with Crippen LogP contribution in [-0.2, 0) is 24.2 Å². The van der Waals surface area contributed by atoms with Crippen LogP contribution in [0.4, 0.5) is 0 Å². The molecule has 0 radical (unpaired) electrons. The lowest BCUT2D eigenvalue weighted by atomic mass is 10.1. The number of methoxy groups -OCH3 is 2. The predicted octanol–water partition coefficient (Wildman–Crippen LogP) is 3.09. The first-order valence-electron chi connectivity index (χ1n) is 10.3. The second-order valence-corrected chi connectivity index (χ2v) is 9.12. The number of benzene rings is 1. The van der Waals surface area contributed by atoms with Gasteiger partial charge in [0.15, 0.2) is 16.3 Å². The number of hydrogen-bond acceptors (Lipinski definition) is 6. The fourth-order valence-corrected chi connectivity index (χ4v) is 5.16. The van der Waals surface area contributed by atoms with Crippen LogP contribution in [0.1, 0.15) is 17.4 Å². The number of allylic oxidation sites excluding steroid dienone is 1. The molecule has 2 heterocycles. The number of aryl methyl sites for hydroxylation is 1. The fourth-order valence-electron chi connectivity index (χ4n) is 3.25. The Hall–Kier alpha value is -2.78. The second-order valence-electron chi connectivity index (χ2n) is 7.02. The minimum Gasteiger partial charge on any atom is -0.493 e. The molecule has 3 rings (SSSR count). The highest BCUT2D eigenvalue weighted by atomic mass is 32.2. The summed E-state index contributed by atoms with van der Waals surface area (Å²) in [7, 11) is 3.19. The van der Waals surface area contributed by atoms with Gasteiger partial charge in [-0.05, 0) is 48.4 Å². The van der Waals surface area contributed by atoms with Gasteiger partial charge >= 0.3 is 10.7 Å². The third-order valence-corrected chi connectivity index (χ3v) is 7.11. The van der Waals surface area contributed by atoms with Crippen molar-refractivity contribution in [3.8, 4) is 11.5 Å². The maximum Gasteiger partial charge on any atom is 0.347 e. The van der Waals surface area contributed by atoms with Crippen molar-refractivity contribution in [2.24, 2.45) is 0 Å². The quantitative estimate of drug-likeness (QED) is 0.262. The van der Waals surface area contributed by atoms with Crippen LogP contribution in [0, 0.1) is 0 Å². The minimum atomic E-state index is -0.0954. The van der Waals surface area contributed by atoms with E-state index in [2.05, 4.69) is 23.8 Å². The first kappa shape index (κ1) is 23.9. The SMILES string of the molecule is C=CCn1c(SCC(=O)NCCc2ccc(OC)c(OC)c2)[nH+]c2sc(CC)cc2c1=O. The van der Waals surface area contributed by atoms with Crippen LogP contribution in [0.2, 0.25) is 0 Å². The molecule has 0 unspecified atom stereocenters. The van der Waals surface area contributed by atoms with Gasteiger partial charge < -0.3 is 14.8 Å². The van der Waals surface area contributed by atoms with Gasteiger partial charge in [0.1, 0.15) is 11.9 Å². The standard InChI is InChI=1S/C23H27N3O4S2/c1-5-11-26-22(28)17-13-16(6-2)32-21(17)25-23(26)31-14-20(27)24-10-9-15-7-8-18(29-3)19(12-15)30-4/h5,7-8,12-13H,1,6,9-11,14H2,2-4H3,(H,24,27)/p+1. The number of nitrogens with zero attached hydrogens (tertiary/aromatic N) is 1. The van der Waals surface area contributed by atoms with Crippen LogP contribution in [0.15, 0.2) is 46.9 Å². The number of hydrogen-bond donors (Lipinski definition) is 1. The Morgan fingerprint density at radius 3 is 2.75 bits per heavy atom. The number of rotatable bonds is 11. The number of amides is 1. The molecule has 170 valence electrons. The topological polar surface area (TPSA) is 83.7 Å². The van der Waals surface area contributed by atoms with Crippen molar-refractivity contribution in [3.05, 3.63) is 57.7 Å². The van der Waals surface area contributed by atoms with Gasteiger partial charge in [0.05, 0.1) is 20.0 Å². The van der Waals surface area contributed by atoms with Gasteiger partial charge in [0, 0.05) is 11.4 Å². The summed E-state index contributed by atoms with van der Waals surface area (Å²) in [6, 6.07) is 7.65. The molecule has 0 aliphatic rings. The van der Waals surface area contributed by atoms with Gasteiger partial charge in [-0.25, -0.2) is 9.78 Å². The van der Waals surface area contributed by atoms with Crippen molar-refractivity contribution in [3.63, 3.8) is 0 Å². The number of ether oxygens (including phenoxy) is 2. The van der Waals surface area contributed by atoms with Crippen molar-refractivity contribution >= 4 is 39.2 Å². The number of thiophene rings is 1. The number of H-pyrrole nitrogens is 1. The average molecular weight is 475 g/mol. The van der Waals surface area contributed by atoms with Crippen molar-refractivity contribution in [1.82, 2.24) is 9.88 Å². The Bertz CT molecular complexity index is 1170. The van der Waals surface area contributed by atoms with Crippen LogP contribution in [-0.4, -0.2) is 37.0 Å². The molecule has 32 heavy (non-hydrogen) atoms. The summed E-state index contributed by atoms with van der Waals surface area (Å²) in [5.74, 6) is 1.45. The summed E-state index contributed by atoms with van der Waals surface area (Å²) in [5, 5.41) is 4.27. The monoisotopic (exact) mass is 474 g/mol. The van der Waals surface area contributed by atoms with E-state index in [1.54, 1.807) is 36.2 Å². The Kier molecular flexibility index (Phi) is 8.35. The summed E-state index contributed by atoms with van der Waals surface area (Å²) in [5.41, 5.74) is 0.976. The van der Waals surface area contributed by atoms with E-state index in [0.717, 1.165) is 21.7 Å². The summed E-state index contributed by atoms with van der Waals surface area (Å²) in [4.78, 5) is 30.6. The number of aromatic amines is 1. The van der Waals surface area contributed by atoms with E-state index in [0.29, 0.717) is 41.6 Å². The predicted molar refractivity (Wildman–Crippen MR) is 129 cm³/mol. The van der Waals surface area contributed by atoms with Crippen LogP contribution in [0.3, 0.4) is 0 Å². The van der Waals surface area contributed by atoms with E-state index in [-0.39, 0.29) is 17.2 Å². The van der Waals surface area contributed by atoms with Gasteiger partial charge in [-0.2, -0.15) is 4.57 Å². The van der Waals surface area contributed by atoms with E-state index in [1.165, 1.54) is 11.8 Å². The molecule has 0 saturated heterocycles. The Balaban J connectivity index is 1.62. The molecule has 0 saturated carbocycles. The molecule has 0 atom stereocenters. The molecule has 0 aliphatic carbocycles. The molecule has 0 spiro atoms. The summed E-state index contributed by atoms with van der Waals surface area (Å²) < 4.78 is 12.2. The molecule has 9 heteroatoms. The lowest BCUT2D eigenvalue weighted by Crippen LogP contribution is -2.31. The maximum atomic E-state index is 12.9. The lowest BCUT2D eigenvalue weighted by molar-refractivity contribution is -0.404. The van der Waals surface area contributed by atoms with Crippen molar-refractivity contribution in [2.45, 2.75) is 31.5 Å². The zero-order valence-corrected chi connectivity index (χ0v) is 20.2. The van der Waals surface area contributed by atoms with Crippen LogP contribution in [0.5, 0.6) is 11.5 Å². The largest absolute Gasteiger partial charge is 0.493 e. The normalized spacial score (nSPS) is 10.8. The molecular formula is C23H28N3O4S2+. The zero-order chi connectivity index (χ0) is 23.1. The second kappa shape index (κ2) is 11.2. The number of thioether (sulfide) groups is 1. The minimum absolute atomic E-state index is 0.0639. The first-order chi connectivity index (χ1) is 15.5. The van der Waals surface area contributed by atoms with Gasteiger partial charge in [-0.15, -0.1) is 0 Å². The fraction of sp³-hybridized carbons (Fsp3) is 0.348. The number of aromatic nitrogens is 2. The summed E-state index contributed by atoms with van der Waals surface area (Å²) >= 11 is 2.89. The molecule has 2 N–H and O–H groups in total. The molecular weight excluding hydrogens is 446 g/mol. The van der Waals surface area contributed by atoms with E-state index in [9.17, 15) is 9.59 Å². The lowest BCUT2D eigenvalue weighted by Gasteiger charge is -2.10. The molecule has 0 bridgehead atoms. The van der Waals surface area contributed by atoms with Gasteiger partial charge in [0.25, 0.3) is 0 Å². The van der Waals surface area contributed by atoms with E-state index < -0.39 is 0 Å². The molecule has 2 aromatic heterocycles. The average Bonchev–Trinajstić information content (AvgIpc) is 3.23. The number of fused-ring (bicyclic) bond motifs is 1. The van der Waals surface area contributed by atoms with Crippen molar-refractivity contribution in [1.29, 1.82) is 0 Å². The van der Waals surface area contributed by atoms with Crippen molar-refractivity contribution in [2.75, 3.05) is 26.5 Å². The highest BCUT2D eigenvalue weighted by Gasteiger charge is 2.21. The highest BCUT2D eigenvalue weighted by molar-refractivity contribution is 7.99. The summed E-state index contributed by atoms with van der Waals surface area (Å²) in [6.45, 7) is 6.70. The number of carbonyl (C=O) groups excluding carboxylic acids is 1. The van der Waals surface area contributed by atoms with Gasteiger partial charge in [-0.3, -0.25) is 4.79 Å².